The molecule has 2 amide bonds. The van der Waals surface area contributed by atoms with Crippen molar-refractivity contribution in [1.82, 2.24) is 4.90 Å². The van der Waals surface area contributed by atoms with Crippen LogP contribution in [0, 0.1) is 5.92 Å². The van der Waals surface area contributed by atoms with Gasteiger partial charge >= 0.3 is 5.97 Å². The molecule has 1 heterocycles. The Hall–Kier alpha value is -2.17. The highest BCUT2D eigenvalue weighted by Crippen LogP contribution is 2.39. The third-order valence-electron chi connectivity index (χ3n) is 3.56. The number of carbonyl (C=O) groups is 3. The van der Waals surface area contributed by atoms with Crippen LogP contribution in [0.2, 0.25) is 0 Å². The molecule has 0 radical (unpaired) electrons. The van der Waals surface area contributed by atoms with Gasteiger partial charge in [0.15, 0.2) is 0 Å². The number of carbonyl (C=O) groups excluding carboxylic acids is 2. The van der Waals surface area contributed by atoms with Crippen LogP contribution in [-0.2, 0) is 0 Å². The molecule has 0 bridgehead atoms. The van der Waals surface area contributed by atoms with Gasteiger partial charge in [0.1, 0.15) is 0 Å². The monoisotopic (exact) mass is 245 g/mol. The predicted octanol–water partition coefficient (Wildman–Crippen LogP) is 1.39. The summed E-state index contributed by atoms with van der Waals surface area (Å²) in [4.78, 5) is 36.3. The molecule has 92 valence electrons. The molecular weight excluding hydrogens is 234 g/mol. The number of carboxylic acids is 1. The Bertz CT molecular complexity index is 593. The SMILES string of the molecule is CC1CC1N1C(=O)c2ccc(C(=O)O)cc2C1=O. The minimum absolute atomic E-state index is 0.0225. The van der Waals surface area contributed by atoms with E-state index in [9.17, 15) is 14.4 Å². The van der Waals surface area contributed by atoms with E-state index in [1.54, 1.807) is 0 Å². The highest BCUT2D eigenvalue weighted by Gasteiger charge is 2.48. The maximum Gasteiger partial charge on any atom is 0.335 e. The van der Waals surface area contributed by atoms with Gasteiger partial charge in [0.2, 0.25) is 0 Å². The molecule has 1 fully saturated rings. The molecule has 5 heteroatoms. The first kappa shape index (κ1) is 11.0. The van der Waals surface area contributed by atoms with E-state index in [2.05, 4.69) is 0 Å². The van der Waals surface area contributed by atoms with Crippen LogP contribution < -0.4 is 0 Å². The van der Waals surface area contributed by atoms with Crippen LogP contribution in [0.25, 0.3) is 0 Å². The zero-order valence-electron chi connectivity index (χ0n) is 9.71. The van der Waals surface area contributed by atoms with Crippen LogP contribution in [0.5, 0.6) is 0 Å². The van der Waals surface area contributed by atoms with E-state index in [4.69, 9.17) is 5.11 Å². The van der Waals surface area contributed by atoms with Gasteiger partial charge in [0, 0.05) is 6.04 Å². The van der Waals surface area contributed by atoms with Gasteiger partial charge in [-0.3, -0.25) is 14.5 Å². The number of aromatic carboxylic acids is 1. The van der Waals surface area contributed by atoms with Crippen molar-refractivity contribution in [3.8, 4) is 0 Å². The second-order valence-electron chi connectivity index (χ2n) is 4.83. The Balaban J connectivity index is 2.04. The van der Waals surface area contributed by atoms with Gasteiger partial charge in [-0.25, -0.2) is 4.79 Å². The van der Waals surface area contributed by atoms with Crippen LogP contribution in [0.15, 0.2) is 18.2 Å². The predicted molar refractivity (Wildman–Crippen MR) is 61.5 cm³/mol. The molecule has 1 N–H and O–H groups in total. The lowest BCUT2D eigenvalue weighted by atomic mass is 10.1. The molecule has 1 aliphatic carbocycles. The number of hydrogen-bond donors (Lipinski definition) is 1. The summed E-state index contributed by atoms with van der Waals surface area (Å²) in [6, 6.07) is 4.04. The summed E-state index contributed by atoms with van der Waals surface area (Å²) >= 11 is 0. The number of benzene rings is 1. The van der Waals surface area contributed by atoms with Crippen LogP contribution in [0.4, 0.5) is 0 Å². The van der Waals surface area contributed by atoms with Crippen molar-refractivity contribution < 1.29 is 19.5 Å². The van der Waals surface area contributed by atoms with E-state index < -0.39 is 5.97 Å². The average Bonchev–Trinajstić information content (AvgIpc) is 2.98. The molecule has 5 nitrogen and oxygen atoms in total. The highest BCUT2D eigenvalue weighted by molar-refractivity contribution is 6.22. The molecule has 2 aliphatic rings. The van der Waals surface area contributed by atoms with Gasteiger partial charge in [0.25, 0.3) is 11.8 Å². The number of carboxylic acid groups (broad SMARTS) is 1. The minimum atomic E-state index is -1.10. The first-order valence-corrected chi connectivity index (χ1v) is 5.76. The van der Waals surface area contributed by atoms with Gasteiger partial charge < -0.3 is 5.11 Å². The Morgan fingerprint density at radius 2 is 1.89 bits per heavy atom. The Labute approximate surface area is 103 Å². The number of fused-ring (bicyclic) bond motifs is 1. The number of rotatable bonds is 2. The summed E-state index contributed by atoms with van der Waals surface area (Å²) in [7, 11) is 0. The summed E-state index contributed by atoms with van der Waals surface area (Å²) in [6.45, 7) is 1.98. The fourth-order valence-corrected chi connectivity index (χ4v) is 2.36. The van der Waals surface area contributed by atoms with E-state index in [1.807, 2.05) is 6.92 Å². The van der Waals surface area contributed by atoms with Gasteiger partial charge in [0.05, 0.1) is 16.7 Å². The van der Waals surface area contributed by atoms with Crippen molar-refractivity contribution in [2.45, 2.75) is 19.4 Å². The second kappa shape index (κ2) is 3.41. The standard InChI is InChI=1S/C13H11NO4/c1-6-4-10(6)14-11(15)8-3-2-7(13(17)18)5-9(8)12(14)16/h2-3,5-6,10H,4H2,1H3,(H,17,18). The molecule has 3 rings (SSSR count). The molecule has 2 atom stereocenters. The van der Waals surface area contributed by atoms with Crippen molar-refractivity contribution in [3.63, 3.8) is 0 Å². The van der Waals surface area contributed by atoms with Crippen molar-refractivity contribution in [2.75, 3.05) is 0 Å². The summed E-state index contributed by atoms with van der Waals surface area (Å²) in [5.74, 6) is -1.43. The number of imide groups is 1. The molecule has 0 spiro atoms. The topological polar surface area (TPSA) is 74.7 Å². The smallest absolute Gasteiger partial charge is 0.335 e. The molecule has 0 saturated heterocycles. The lowest BCUT2D eigenvalue weighted by Crippen LogP contribution is -2.32. The van der Waals surface area contributed by atoms with Crippen LogP contribution >= 0.6 is 0 Å². The third-order valence-corrected chi connectivity index (χ3v) is 3.56. The molecule has 1 aromatic carbocycles. The molecule has 1 aliphatic heterocycles. The summed E-state index contributed by atoms with van der Waals surface area (Å²) < 4.78 is 0. The zero-order valence-corrected chi connectivity index (χ0v) is 9.71. The number of nitrogens with zero attached hydrogens (tertiary/aromatic N) is 1. The van der Waals surface area contributed by atoms with Crippen molar-refractivity contribution >= 4 is 17.8 Å². The molecule has 0 aromatic heterocycles. The molecular formula is C13H11NO4. The first-order chi connectivity index (χ1) is 8.50. The normalized spacial score (nSPS) is 25.3. The zero-order chi connectivity index (χ0) is 13.0. The van der Waals surface area contributed by atoms with E-state index >= 15 is 0 Å². The van der Waals surface area contributed by atoms with Crippen LogP contribution in [0.1, 0.15) is 44.4 Å². The van der Waals surface area contributed by atoms with Crippen molar-refractivity contribution in [3.05, 3.63) is 34.9 Å². The molecule has 18 heavy (non-hydrogen) atoms. The van der Waals surface area contributed by atoms with E-state index in [0.717, 1.165) is 6.42 Å². The highest BCUT2D eigenvalue weighted by atomic mass is 16.4. The fraction of sp³-hybridized carbons (Fsp3) is 0.308. The Kier molecular flexibility index (Phi) is 2.08. The van der Waals surface area contributed by atoms with E-state index in [0.29, 0.717) is 11.5 Å². The fourth-order valence-electron chi connectivity index (χ4n) is 2.36. The van der Waals surface area contributed by atoms with E-state index in [1.165, 1.54) is 23.1 Å². The third kappa shape index (κ3) is 1.37. The summed E-state index contributed by atoms with van der Waals surface area (Å²) in [5.41, 5.74) is 0.545. The number of hydrogen-bond acceptors (Lipinski definition) is 3. The molecule has 1 saturated carbocycles. The molecule has 1 aromatic rings. The maximum absolute atomic E-state index is 12.1. The summed E-state index contributed by atoms with van der Waals surface area (Å²) in [5, 5.41) is 8.89. The van der Waals surface area contributed by atoms with Gasteiger partial charge in [-0.05, 0) is 30.5 Å². The lowest BCUT2D eigenvalue weighted by Gasteiger charge is -2.12. The molecule has 2 unspecified atom stereocenters. The summed E-state index contributed by atoms with van der Waals surface area (Å²) in [6.07, 6.45) is 0.831. The van der Waals surface area contributed by atoms with E-state index in [-0.39, 0.29) is 29.0 Å². The van der Waals surface area contributed by atoms with Gasteiger partial charge in [-0.15, -0.1) is 0 Å². The van der Waals surface area contributed by atoms with Crippen LogP contribution in [0.3, 0.4) is 0 Å². The Morgan fingerprint density at radius 3 is 2.44 bits per heavy atom. The van der Waals surface area contributed by atoms with Gasteiger partial charge in [-0.1, -0.05) is 6.92 Å². The second-order valence-corrected chi connectivity index (χ2v) is 4.83. The Morgan fingerprint density at radius 1 is 1.28 bits per heavy atom. The van der Waals surface area contributed by atoms with Gasteiger partial charge in [-0.2, -0.15) is 0 Å². The largest absolute Gasteiger partial charge is 0.478 e. The van der Waals surface area contributed by atoms with Crippen molar-refractivity contribution in [1.29, 1.82) is 0 Å². The number of amides is 2. The first-order valence-electron chi connectivity index (χ1n) is 5.76. The van der Waals surface area contributed by atoms with Crippen LogP contribution in [-0.4, -0.2) is 33.8 Å². The average molecular weight is 245 g/mol. The maximum atomic E-state index is 12.1. The lowest BCUT2D eigenvalue weighted by molar-refractivity contribution is 0.0634. The quantitative estimate of drug-likeness (QED) is 0.799. The minimum Gasteiger partial charge on any atom is -0.478 e. The van der Waals surface area contributed by atoms with Crippen molar-refractivity contribution in [2.24, 2.45) is 5.92 Å².